The molecule has 4 nitrogen and oxygen atoms in total. The van der Waals surface area contributed by atoms with Crippen molar-refractivity contribution in [1.29, 1.82) is 0 Å². The number of hydrogen-bond acceptors (Lipinski definition) is 4. The number of hydrazone groups is 1. The molecule has 0 aliphatic carbocycles. The van der Waals surface area contributed by atoms with E-state index in [1.54, 1.807) is 19.1 Å². The number of aromatic hydroxyl groups is 1. The first-order valence-electron chi connectivity index (χ1n) is 8.17. The fourth-order valence-corrected chi connectivity index (χ4v) is 3.37. The van der Waals surface area contributed by atoms with E-state index in [9.17, 15) is 9.90 Å². The number of amides is 1. The van der Waals surface area contributed by atoms with Gasteiger partial charge in [0.25, 0.3) is 5.91 Å². The van der Waals surface area contributed by atoms with Gasteiger partial charge in [-0.25, -0.2) is 5.43 Å². The van der Waals surface area contributed by atoms with Crippen molar-refractivity contribution in [1.82, 2.24) is 5.43 Å². The Morgan fingerprint density at radius 2 is 1.88 bits per heavy atom. The van der Waals surface area contributed by atoms with Crippen molar-refractivity contribution in [2.45, 2.75) is 46.5 Å². The van der Waals surface area contributed by atoms with Gasteiger partial charge >= 0.3 is 0 Å². The smallest absolute Gasteiger partial charge is 0.275 e. The van der Waals surface area contributed by atoms with Crippen LogP contribution in [0, 0.1) is 0 Å². The summed E-state index contributed by atoms with van der Waals surface area (Å²) in [5, 5.41) is 14.6. The topological polar surface area (TPSA) is 61.7 Å². The van der Waals surface area contributed by atoms with Crippen LogP contribution in [0.5, 0.6) is 5.75 Å². The lowest BCUT2D eigenvalue weighted by Crippen LogP contribution is -2.20. The van der Waals surface area contributed by atoms with Crippen molar-refractivity contribution < 1.29 is 9.90 Å². The predicted molar refractivity (Wildman–Crippen MR) is 105 cm³/mol. The Balaban J connectivity index is 2.32. The van der Waals surface area contributed by atoms with Gasteiger partial charge in [0.05, 0.1) is 20.5 Å². The van der Waals surface area contributed by atoms with E-state index < -0.39 is 5.91 Å². The highest BCUT2D eigenvalue weighted by atomic mass is 35.5. The van der Waals surface area contributed by atoms with Gasteiger partial charge in [0.2, 0.25) is 0 Å². The van der Waals surface area contributed by atoms with Gasteiger partial charge in [0.15, 0.2) is 0 Å². The monoisotopic (exact) mass is 378 g/mol. The zero-order chi connectivity index (χ0) is 18.7. The van der Waals surface area contributed by atoms with Crippen molar-refractivity contribution in [2.75, 3.05) is 0 Å². The number of nitrogens with zero attached hydrogens (tertiary/aromatic N) is 1. The molecule has 1 amide bonds. The van der Waals surface area contributed by atoms with Crippen molar-refractivity contribution in [3.05, 3.63) is 50.2 Å². The Hall–Kier alpha value is -1.85. The van der Waals surface area contributed by atoms with Gasteiger partial charge < -0.3 is 5.11 Å². The number of phenols is 1. The van der Waals surface area contributed by atoms with E-state index in [4.69, 9.17) is 11.6 Å². The van der Waals surface area contributed by atoms with E-state index in [0.29, 0.717) is 10.0 Å². The van der Waals surface area contributed by atoms with Crippen molar-refractivity contribution in [3.63, 3.8) is 0 Å². The molecule has 2 rings (SSSR count). The molecule has 1 heterocycles. The second kappa shape index (κ2) is 8.02. The molecule has 0 radical (unpaired) electrons. The highest BCUT2D eigenvalue weighted by Gasteiger charge is 2.19. The number of thiophene rings is 1. The third-order valence-electron chi connectivity index (χ3n) is 3.95. The molecule has 134 valence electrons. The summed E-state index contributed by atoms with van der Waals surface area (Å²) in [5.74, 6) is -0.0419. The maximum Gasteiger partial charge on any atom is 0.275 e. The summed E-state index contributed by atoms with van der Waals surface area (Å²) < 4.78 is 0.666. The Bertz CT molecular complexity index is 810. The largest absolute Gasteiger partial charge is 0.507 e. The summed E-state index contributed by atoms with van der Waals surface area (Å²) in [7, 11) is 0. The number of carbonyl (C=O) groups is 1. The van der Waals surface area contributed by atoms with Crippen molar-refractivity contribution in [2.24, 2.45) is 5.10 Å². The zero-order valence-electron chi connectivity index (χ0n) is 15.1. The van der Waals surface area contributed by atoms with Crippen LogP contribution < -0.4 is 5.43 Å². The number of halogens is 1. The standard InChI is InChI=1S/C19H23ClN2O2S/c1-10(2)13-8-14(11(3)4)18(23)15(9-13)19(24)22-21-12(5)16-6-7-17(20)25-16/h6-11,23H,1-5H3,(H,22,24). The molecule has 2 N–H and O–H groups in total. The summed E-state index contributed by atoms with van der Waals surface area (Å²) in [6, 6.07) is 7.33. The van der Waals surface area contributed by atoms with Crippen LogP contribution in [0.2, 0.25) is 4.34 Å². The van der Waals surface area contributed by atoms with Gasteiger partial charge in [-0.1, -0.05) is 45.4 Å². The van der Waals surface area contributed by atoms with Crippen molar-refractivity contribution in [3.8, 4) is 5.75 Å². The van der Waals surface area contributed by atoms with Gasteiger partial charge in [-0.2, -0.15) is 5.10 Å². The summed E-state index contributed by atoms with van der Waals surface area (Å²) >= 11 is 7.31. The van der Waals surface area contributed by atoms with Gasteiger partial charge in [0.1, 0.15) is 5.75 Å². The minimum atomic E-state index is -0.427. The Morgan fingerprint density at radius 3 is 2.40 bits per heavy atom. The van der Waals surface area contributed by atoms with Crippen LogP contribution in [0.15, 0.2) is 29.4 Å². The fourth-order valence-electron chi connectivity index (χ4n) is 2.39. The molecular formula is C19H23ClN2O2S. The second-order valence-corrected chi connectivity index (χ2v) is 8.27. The molecule has 2 aromatic rings. The lowest BCUT2D eigenvalue weighted by molar-refractivity contribution is 0.0952. The number of rotatable bonds is 5. The Morgan fingerprint density at radius 1 is 1.20 bits per heavy atom. The predicted octanol–water partition coefficient (Wildman–Crippen LogP) is 5.51. The van der Waals surface area contributed by atoms with E-state index in [-0.39, 0.29) is 23.1 Å². The first-order valence-corrected chi connectivity index (χ1v) is 9.37. The number of benzene rings is 1. The van der Waals surface area contributed by atoms with Crippen LogP contribution in [0.25, 0.3) is 0 Å². The zero-order valence-corrected chi connectivity index (χ0v) is 16.6. The normalized spacial score (nSPS) is 12.1. The average molecular weight is 379 g/mol. The minimum Gasteiger partial charge on any atom is -0.507 e. The summed E-state index contributed by atoms with van der Waals surface area (Å²) in [6.07, 6.45) is 0. The van der Waals surface area contributed by atoms with Crippen LogP contribution in [-0.2, 0) is 0 Å². The quantitative estimate of drug-likeness (QED) is 0.532. The fraction of sp³-hybridized carbons (Fsp3) is 0.368. The molecule has 0 aliphatic heterocycles. The van der Waals surface area contributed by atoms with Crippen LogP contribution >= 0.6 is 22.9 Å². The molecule has 1 aromatic carbocycles. The lowest BCUT2D eigenvalue weighted by atomic mass is 9.92. The summed E-state index contributed by atoms with van der Waals surface area (Å²) in [6.45, 7) is 9.89. The molecule has 6 heteroatoms. The SMILES string of the molecule is CC(=NNC(=O)c1cc(C(C)C)cc(C(C)C)c1O)c1ccc(Cl)s1. The van der Waals surface area contributed by atoms with Crippen LogP contribution in [0.1, 0.15) is 72.8 Å². The number of nitrogens with one attached hydrogen (secondary N) is 1. The van der Waals surface area contributed by atoms with Crippen molar-refractivity contribution >= 4 is 34.6 Å². The molecule has 0 saturated heterocycles. The third-order valence-corrected chi connectivity index (χ3v) is 5.29. The number of carbonyl (C=O) groups excluding carboxylic acids is 1. The molecule has 0 bridgehead atoms. The molecule has 25 heavy (non-hydrogen) atoms. The number of phenolic OH excluding ortho intramolecular Hbond substituents is 1. The highest BCUT2D eigenvalue weighted by Crippen LogP contribution is 2.33. The Labute approximate surface area is 157 Å². The van der Waals surface area contributed by atoms with E-state index in [1.165, 1.54) is 11.3 Å². The van der Waals surface area contributed by atoms with Crippen LogP contribution in [-0.4, -0.2) is 16.7 Å². The average Bonchev–Trinajstić information content (AvgIpc) is 2.98. The first-order chi connectivity index (χ1) is 11.7. The molecule has 0 fully saturated rings. The van der Waals surface area contributed by atoms with Crippen LogP contribution in [0.3, 0.4) is 0 Å². The third kappa shape index (κ3) is 4.61. The van der Waals surface area contributed by atoms with Gasteiger partial charge in [0, 0.05) is 0 Å². The molecule has 0 atom stereocenters. The maximum atomic E-state index is 12.6. The van der Waals surface area contributed by atoms with Gasteiger partial charge in [-0.05, 0) is 48.1 Å². The Kier molecular flexibility index (Phi) is 6.25. The second-order valence-electron chi connectivity index (χ2n) is 6.56. The molecule has 0 aliphatic rings. The molecule has 0 unspecified atom stereocenters. The van der Waals surface area contributed by atoms with Gasteiger partial charge in [-0.15, -0.1) is 11.3 Å². The van der Waals surface area contributed by atoms with E-state index in [2.05, 4.69) is 24.4 Å². The van der Waals surface area contributed by atoms with E-state index in [0.717, 1.165) is 16.0 Å². The number of hydrogen-bond donors (Lipinski definition) is 2. The summed E-state index contributed by atoms with van der Waals surface area (Å²) in [4.78, 5) is 13.4. The molecule has 1 aromatic heterocycles. The lowest BCUT2D eigenvalue weighted by Gasteiger charge is -2.16. The maximum absolute atomic E-state index is 12.6. The van der Waals surface area contributed by atoms with E-state index >= 15 is 0 Å². The highest BCUT2D eigenvalue weighted by molar-refractivity contribution is 7.18. The van der Waals surface area contributed by atoms with E-state index in [1.807, 2.05) is 26.0 Å². The minimum absolute atomic E-state index is 0.0175. The van der Waals surface area contributed by atoms with Gasteiger partial charge in [-0.3, -0.25) is 4.79 Å². The molecular weight excluding hydrogens is 356 g/mol. The first kappa shape index (κ1) is 19.5. The molecule has 0 spiro atoms. The van der Waals surface area contributed by atoms with Crippen LogP contribution in [0.4, 0.5) is 0 Å². The summed E-state index contributed by atoms with van der Waals surface area (Å²) in [5.41, 5.74) is 5.22. The molecule has 0 saturated carbocycles.